The van der Waals surface area contributed by atoms with Gasteiger partial charge in [0.2, 0.25) is 16.4 Å². The molecule has 12 heteroatoms. The third-order valence-electron chi connectivity index (χ3n) is 6.62. The number of ether oxygens (including phenoxy) is 2. The Hall–Kier alpha value is -3.58. The quantitative estimate of drug-likeness (QED) is 0.333. The number of aryl methyl sites for hydroxylation is 1. The van der Waals surface area contributed by atoms with E-state index in [1.54, 1.807) is 29.6 Å². The Labute approximate surface area is 247 Å². The average Bonchev–Trinajstić information content (AvgIpc) is 2.88. The number of nitrogens with one attached hydrogen (secondary N) is 2. The molecule has 1 aliphatic heterocycles. The van der Waals surface area contributed by atoms with Crippen LogP contribution in [0, 0.1) is 6.92 Å². The minimum atomic E-state index is -3.73. The van der Waals surface area contributed by atoms with Gasteiger partial charge in [-0.2, -0.15) is 0 Å². The lowest BCUT2D eigenvalue weighted by Gasteiger charge is -2.48. The van der Waals surface area contributed by atoms with Gasteiger partial charge in [-0.15, -0.1) is 0 Å². The summed E-state index contributed by atoms with van der Waals surface area (Å²) in [6.07, 6.45) is 0.894. The molecule has 1 fully saturated rings. The van der Waals surface area contributed by atoms with E-state index in [1.807, 2.05) is 72.0 Å². The van der Waals surface area contributed by atoms with Crippen LogP contribution in [0.25, 0.3) is 10.9 Å². The van der Waals surface area contributed by atoms with Gasteiger partial charge in [0, 0.05) is 23.2 Å². The molecule has 2 heterocycles. The molecule has 4 N–H and O–H groups in total. The predicted molar refractivity (Wildman–Crippen MR) is 162 cm³/mol. The third-order valence-corrected chi connectivity index (χ3v) is 8.10. The van der Waals surface area contributed by atoms with E-state index in [4.69, 9.17) is 9.47 Å². The van der Waals surface area contributed by atoms with Gasteiger partial charge < -0.3 is 20.1 Å². The lowest BCUT2D eigenvalue weighted by atomic mass is 9.89. The smallest absolute Gasteiger partial charge is 0.318 e. The minimum absolute atomic E-state index is 0.206. The van der Waals surface area contributed by atoms with Crippen LogP contribution < -0.4 is 20.5 Å². The highest BCUT2D eigenvalue weighted by Gasteiger charge is 2.44. The summed E-state index contributed by atoms with van der Waals surface area (Å²) in [6.45, 7) is 11.7. The lowest BCUT2D eigenvalue weighted by Crippen LogP contribution is -2.63. The molecule has 0 spiro atoms. The van der Waals surface area contributed by atoms with Crippen molar-refractivity contribution in [3.8, 4) is 5.75 Å². The fourth-order valence-corrected chi connectivity index (χ4v) is 6.44. The normalized spacial score (nSPS) is 19.4. The van der Waals surface area contributed by atoms with Gasteiger partial charge >= 0.3 is 6.03 Å². The summed E-state index contributed by atoms with van der Waals surface area (Å²) in [5.74, 6) is 0.604. The van der Waals surface area contributed by atoms with E-state index in [0.29, 0.717) is 25.3 Å². The zero-order valence-corrected chi connectivity index (χ0v) is 25.8. The fraction of sp³-hybridized carbons (Fsp3) is 0.433. The summed E-state index contributed by atoms with van der Waals surface area (Å²) in [7, 11) is -1.70. The lowest BCUT2D eigenvalue weighted by molar-refractivity contribution is -0.157. The molecule has 0 aliphatic carbocycles. The van der Waals surface area contributed by atoms with Crippen molar-refractivity contribution in [1.82, 2.24) is 19.9 Å². The van der Waals surface area contributed by atoms with Gasteiger partial charge in [-0.25, -0.2) is 17.9 Å². The number of imide groups is 1. The van der Waals surface area contributed by atoms with Gasteiger partial charge in [0.05, 0.1) is 27.7 Å². The summed E-state index contributed by atoms with van der Waals surface area (Å²) >= 11 is 0. The van der Waals surface area contributed by atoms with Crippen molar-refractivity contribution >= 4 is 33.4 Å². The summed E-state index contributed by atoms with van der Waals surface area (Å²) in [5.41, 5.74) is 6.28. The van der Waals surface area contributed by atoms with Crippen LogP contribution in [-0.2, 0) is 26.2 Å². The van der Waals surface area contributed by atoms with Crippen molar-refractivity contribution in [2.24, 2.45) is 5.73 Å². The number of nitrogens with zero attached hydrogens (tertiary/aromatic N) is 2. The van der Waals surface area contributed by atoms with E-state index in [9.17, 15) is 18.0 Å². The molecule has 0 bridgehead atoms. The number of fused-ring (bicyclic) bond motifs is 1. The summed E-state index contributed by atoms with van der Waals surface area (Å²) < 4.78 is 41.9. The van der Waals surface area contributed by atoms with Crippen molar-refractivity contribution < 1.29 is 27.5 Å². The Balaban J connectivity index is 0.000000730. The maximum atomic E-state index is 13.3. The van der Waals surface area contributed by atoms with E-state index < -0.39 is 27.3 Å². The number of rotatable bonds is 8. The fourth-order valence-electron chi connectivity index (χ4n) is 5.07. The zero-order valence-electron chi connectivity index (χ0n) is 25.0. The number of hydrogen-bond donors (Lipinski definition) is 3. The number of nitrogens with two attached hydrogens (primary N) is 1. The van der Waals surface area contributed by atoms with E-state index >= 15 is 0 Å². The number of hydrogen-bond acceptors (Lipinski definition) is 8. The van der Waals surface area contributed by atoms with Gasteiger partial charge in [-0.3, -0.25) is 15.1 Å². The summed E-state index contributed by atoms with van der Waals surface area (Å²) in [6, 6.07) is 15.4. The molecule has 11 nitrogen and oxygen atoms in total. The van der Waals surface area contributed by atoms with E-state index in [0.717, 1.165) is 28.7 Å². The summed E-state index contributed by atoms with van der Waals surface area (Å²) in [4.78, 5) is 25.6. The topological polar surface area (TPSA) is 153 Å². The molecule has 3 aromatic rings. The number of aromatic nitrogens is 1. The standard InChI is InChI=1S/C28H37N3O4S.C2H4N2O2/c1-20-17-21(24-9-7-8-10-25(24)29-20)18-34-22-11-13-23(14-12-22)36(32,33)30-26-15-16-31(6)19-28(26,5)35-27(2,3)4;3-2(6)4-1-5/h7-14,17,26,30H,15-16,18-19H2,1-6H3;1H,(H3,3,4,5,6)/t26-,28+;/m1./s1. The largest absolute Gasteiger partial charge is 0.489 e. The Bertz CT molecular complexity index is 1490. The van der Waals surface area contributed by atoms with E-state index in [2.05, 4.69) is 20.3 Å². The van der Waals surface area contributed by atoms with Crippen LogP contribution in [-0.4, -0.2) is 68.1 Å². The van der Waals surface area contributed by atoms with Gasteiger partial charge in [0.25, 0.3) is 0 Å². The van der Waals surface area contributed by atoms with Crippen molar-refractivity contribution in [3.63, 3.8) is 0 Å². The number of carbonyl (C=O) groups is 2. The molecule has 0 saturated carbocycles. The van der Waals surface area contributed by atoms with Crippen LogP contribution >= 0.6 is 0 Å². The Kier molecular flexibility index (Phi) is 10.7. The molecule has 1 aliphatic rings. The van der Waals surface area contributed by atoms with Crippen molar-refractivity contribution in [1.29, 1.82) is 0 Å². The van der Waals surface area contributed by atoms with Crippen LogP contribution in [0.2, 0.25) is 0 Å². The number of pyridine rings is 1. The van der Waals surface area contributed by atoms with Gasteiger partial charge in [-0.05, 0) is 91.0 Å². The molecule has 2 atom stereocenters. The number of primary amides is 1. The number of carbonyl (C=O) groups excluding carboxylic acids is 2. The molecular weight excluding hydrogens is 558 g/mol. The molecule has 3 amide bonds. The minimum Gasteiger partial charge on any atom is -0.489 e. The molecule has 228 valence electrons. The Morgan fingerprint density at radius 2 is 1.86 bits per heavy atom. The molecule has 42 heavy (non-hydrogen) atoms. The van der Waals surface area contributed by atoms with Crippen LogP contribution in [0.15, 0.2) is 59.5 Å². The highest BCUT2D eigenvalue weighted by molar-refractivity contribution is 7.89. The number of amides is 3. The zero-order chi connectivity index (χ0) is 31.1. The molecule has 4 rings (SSSR count). The van der Waals surface area contributed by atoms with Crippen LogP contribution in [0.1, 0.15) is 45.4 Å². The van der Waals surface area contributed by atoms with E-state index in [-0.39, 0.29) is 17.3 Å². The number of para-hydroxylation sites is 1. The van der Waals surface area contributed by atoms with Crippen LogP contribution in [0.5, 0.6) is 5.75 Å². The summed E-state index contributed by atoms with van der Waals surface area (Å²) in [5, 5.41) is 2.71. The number of likely N-dealkylation sites (N-methyl/N-ethyl adjacent to an activating group) is 1. The second-order valence-corrected chi connectivity index (χ2v) is 13.3. The second kappa shape index (κ2) is 13.6. The van der Waals surface area contributed by atoms with Crippen LogP contribution in [0.3, 0.4) is 0 Å². The molecule has 0 radical (unpaired) electrons. The highest BCUT2D eigenvalue weighted by Crippen LogP contribution is 2.31. The monoisotopic (exact) mass is 599 g/mol. The number of urea groups is 1. The maximum absolute atomic E-state index is 13.3. The van der Waals surface area contributed by atoms with Crippen molar-refractivity contribution in [2.75, 3.05) is 20.1 Å². The molecule has 0 unspecified atom stereocenters. The first-order valence-electron chi connectivity index (χ1n) is 13.6. The first-order valence-corrected chi connectivity index (χ1v) is 15.1. The second-order valence-electron chi connectivity index (χ2n) is 11.6. The van der Waals surface area contributed by atoms with Gasteiger partial charge in [-0.1, -0.05) is 18.2 Å². The molecular formula is C30H41N5O6S. The van der Waals surface area contributed by atoms with E-state index in [1.165, 1.54) is 0 Å². The Morgan fingerprint density at radius 3 is 2.45 bits per heavy atom. The Morgan fingerprint density at radius 1 is 1.19 bits per heavy atom. The number of benzene rings is 2. The van der Waals surface area contributed by atoms with Crippen molar-refractivity contribution in [2.45, 2.75) is 69.8 Å². The molecule has 1 saturated heterocycles. The number of likely N-dealkylation sites (tertiary alicyclic amines) is 1. The van der Waals surface area contributed by atoms with Gasteiger partial charge in [0.15, 0.2) is 0 Å². The molecule has 2 aromatic carbocycles. The first kappa shape index (κ1) is 32.9. The highest BCUT2D eigenvalue weighted by atomic mass is 32.2. The molecule has 1 aromatic heterocycles. The van der Waals surface area contributed by atoms with Gasteiger partial charge in [0.1, 0.15) is 12.4 Å². The third kappa shape index (κ3) is 9.21. The van der Waals surface area contributed by atoms with Crippen LogP contribution in [0.4, 0.5) is 4.79 Å². The average molecular weight is 600 g/mol. The van der Waals surface area contributed by atoms with Crippen molar-refractivity contribution in [3.05, 3.63) is 65.9 Å². The predicted octanol–water partition coefficient (Wildman–Crippen LogP) is 3.49. The number of sulfonamides is 1. The SMILES string of the molecule is Cc1cc(COc2ccc(S(=O)(=O)N[C@@H]3CCN(C)C[C@]3(C)OC(C)(C)C)cc2)c2ccccc2n1.NC(=O)NC=O. The first-order chi connectivity index (χ1) is 19.6. The number of piperidine rings is 1. The maximum Gasteiger partial charge on any atom is 0.318 e.